The van der Waals surface area contributed by atoms with Gasteiger partial charge in [0.05, 0.1) is 28.3 Å². The molecular weight excluding hydrogens is 869 g/mol. The van der Waals surface area contributed by atoms with Gasteiger partial charge >= 0.3 is 0 Å². The Labute approximate surface area is 396 Å². The first-order chi connectivity index (χ1) is 33.8. The van der Waals surface area contributed by atoms with Crippen LogP contribution in [0.5, 0.6) is 11.5 Å². The van der Waals surface area contributed by atoms with Gasteiger partial charge in [-0.25, -0.2) is 0 Å². The molecule has 0 aromatic heterocycles. The van der Waals surface area contributed by atoms with E-state index in [0.29, 0.717) is 44.8 Å². The molecule has 340 valence electrons. The average Bonchev–Trinajstić information content (AvgIpc) is 3.39. The van der Waals surface area contributed by atoms with Crippen molar-refractivity contribution in [3.05, 3.63) is 205 Å². The quantitative estimate of drug-likeness (QED) is 0.0312. The Morgan fingerprint density at radius 2 is 1.01 bits per heavy atom. The summed E-state index contributed by atoms with van der Waals surface area (Å²) < 4.78 is 0. The highest BCUT2D eigenvalue weighted by molar-refractivity contribution is 6.11. The normalized spacial score (nSPS) is 12.0. The highest BCUT2D eigenvalue weighted by atomic mass is 16.7. The predicted molar refractivity (Wildman–Crippen MR) is 269 cm³/mol. The monoisotopic (exact) mass is 912 g/mol. The third kappa shape index (κ3) is 10.5. The number of benzene rings is 9. The Kier molecular flexibility index (Phi) is 13.7. The van der Waals surface area contributed by atoms with E-state index in [0.717, 1.165) is 27.8 Å². The fourth-order valence-electron chi connectivity index (χ4n) is 7.68. The van der Waals surface area contributed by atoms with Gasteiger partial charge in [0.25, 0.3) is 5.91 Å². The van der Waals surface area contributed by atoms with Crippen molar-refractivity contribution in [2.75, 3.05) is 22.7 Å². The molecule has 1 atom stereocenters. The van der Waals surface area contributed by atoms with E-state index in [-0.39, 0.29) is 34.9 Å². The molecule has 0 aliphatic carbocycles. The van der Waals surface area contributed by atoms with E-state index in [4.69, 9.17) is 4.84 Å². The Morgan fingerprint density at radius 3 is 1.54 bits per heavy atom. The largest absolute Gasteiger partial charge is 0.505 e. The molecule has 1 unspecified atom stereocenters. The van der Waals surface area contributed by atoms with Gasteiger partial charge in [-0.3, -0.25) is 15.1 Å². The first-order valence-electron chi connectivity index (χ1n) is 21.8. The predicted octanol–water partition coefficient (Wildman–Crippen LogP) is 14.6. The number of azo groups is 3. The molecule has 15 heteroatoms. The minimum absolute atomic E-state index is 0.0705. The molecule has 0 bridgehead atoms. The van der Waals surface area contributed by atoms with Crippen molar-refractivity contribution in [1.82, 2.24) is 5.48 Å². The number of rotatable bonds is 16. The standard InChI is InChI=1S/C54H44N10O5/c1-55-57-39-20-26-43(27-21-39)64(45-30-24-41(25-31-45)59-61-51-47-19-11-9-13-36(47)33-48(53(51)66)54(67)56-38-14-4-2-5-15-38)44-28-22-40(23-29-44)58-60-50-46-18-10-8-12-35(46)32-37(52(50)65)34-49(62-68)69-63-42-16-6-3-7-17-42/h2-33,49,62-63,65-66,68H,34H2,1H3,(H,56,67). The summed E-state index contributed by atoms with van der Waals surface area (Å²) in [7, 11) is 1.62. The van der Waals surface area contributed by atoms with E-state index < -0.39 is 12.1 Å². The second-order valence-corrected chi connectivity index (χ2v) is 15.6. The summed E-state index contributed by atoms with van der Waals surface area (Å²) in [6.45, 7) is 0. The number of nitrogens with one attached hydrogen (secondary N) is 3. The maximum Gasteiger partial charge on any atom is 0.259 e. The fourth-order valence-corrected chi connectivity index (χ4v) is 7.68. The van der Waals surface area contributed by atoms with Crippen LogP contribution < -0.4 is 21.2 Å². The average molecular weight is 913 g/mol. The van der Waals surface area contributed by atoms with Crippen molar-refractivity contribution in [2.45, 2.75) is 12.6 Å². The number of anilines is 5. The molecule has 15 nitrogen and oxygen atoms in total. The van der Waals surface area contributed by atoms with Crippen molar-refractivity contribution in [3.8, 4) is 11.5 Å². The van der Waals surface area contributed by atoms with E-state index in [9.17, 15) is 20.2 Å². The van der Waals surface area contributed by atoms with Gasteiger partial charge in [-0.05, 0) is 120 Å². The number of hydrogen-bond donors (Lipinski definition) is 6. The summed E-state index contributed by atoms with van der Waals surface area (Å²) >= 11 is 0. The number of phenols is 2. The van der Waals surface area contributed by atoms with Gasteiger partial charge in [0.1, 0.15) is 17.1 Å². The topological polar surface area (TPSA) is 200 Å². The second-order valence-electron chi connectivity index (χ2n) is 15.6. The molecule has 0 spiro atoms. The molecule has 0 aliphatic rings. The summed E-state index contributed by atoms with van der Waals surface area (Å²) in [6, 6.07) is 59.2. The third-order valence-electron chi connectivity index (χ3n) is 11.1. The van der Waals surface area contributed by atoms with E-state index in [2.05, 4.69) is 47.0 Å². The molecular formula is C54H44N10O5. The number of aromatic hydroxyl groups is 2. The first kappa shape index (κ1) is 45.0. The molecule has 9 rings (SSSR count). The summed E-state index contributed by atoms with van der Waals surface area (Å²) in [4.78, 5) is 21.1. The lowest BCUT2D eigenvalue weighted by atomic mass is 10.0. The summed E-state index contributed by atoms with van der Waals surface area (Å²) in [5.74, 6) is -0.855. The molecule has 0 heterocycles. The van der Waals surface area contributed by atoms with Crippen LogP contribution in [0.4, 0.5) is 56.9 Å². The third-order valence-corrected chi connectivity index (χ3v) is 11.1. The molecule has 0 saturated carbocycles. The van der Waals surface area contributed by atoms with E-state index >= 15 is 0 Å². The number of hydroxylamine groups is 1. The van der Waals surface area contributed by atoms with Crippen LogP contribution in [-0.4, -0.2) is 34.6 Å². The molecule has 0 fully saturated rings. The zero-order valence-corrected chi connectivity index (χ0v) is 37.0. The van der Waals surface area contributed by atoms with Crippen molar-refractivity contribution in [3.63, 3.8) is 0 Å². The van der Waals surface area contributed by atoms with Gasteiger partial charge in [0.2, 0.25) is 0 Å². The Bertz CT molecular complexity index is 3320. The minimum atomic E-state index is -0.912. The van der Waals surface area contributed by atoms with E-state index in [1.165, 1.54) is 0 Å². The minimum Gasteiger partial charge on any atom is -0.505 e. The van der Waals surface area contributed by atoms with Crippen LogP contribution in [-0.2, 0) is 11.3 Å². The van der Waals surface area contributed by atoms with Gasteiger partial charge in [-0.1, -0.05) is 84.9 Å². The maximum absolute atomic E-state index is 13.4. The van der Waals surface area contributed by atoms with Gasteiger partial charge in [-0.2, -0.15) is 25.9 Å². The zero-order valence-electron chi connectivity index (χ0n) is 37.0. The van der Waals surface area contributed by atoms with Crippen LogP contribution in [0.15, 0.2) is 225 Å². The van der Waals surface area contributed by atoms with E-state index in [1.807, 2.05) is 181 Å². The highest BCUT2D eigenvalue weighted by Gasteiger charge is 2.21. The molecule has 0 saturated heterocycles. The molecule has 69 heavy (non-hydrogen) atoms. The summed E-state index contributed by atoms with van der Waals surface area (Å²) in [5, 5.41) is 64.8. The number of fused-ring (bicyclic) bond motifs is 2. The van der Waals surface area contributed by atoms with Gasteiger partial charge in [-0.15, -0.1) is 10.2 Å². The number of amides is 1. The SMILES string of the molecule is CN=Nc1ccc(N(c2ccc(N=Nc3c(O)c(CC(NO)ONc4ccccc4)cc4ccccc34)cc2)c2ccc(N=Nc3c(O)c(C(=O)Nc4ccccc4)cc4ccccc34)cc2)cc1. The van der Waals surface area contributed by atoms with Crippen molar-refractivity contribution in [1.29, 1.82) is 0 Å². The molecule has 9 aromatic rings. The van der Waals surface area contributed by atoms with Gasteiger partial charge in [0, 0.05) is 52.6 Å². The number of carbonyl (C=O) groups is 1. The van der Waals surface area contributed by atoms with Crippen LogP contribution in [0.3, 0.4) is 0 Å². The molecule has 0 aliphatic heterocycles. The lowest BCUT2D eigenvalue weighted by molar-refractivity contribution is -0.0281. The van der Waals surface area contributed by atoms with Crippen molar-refractivity contribution in [2.24, 2.45) is 30.7 Å². The Hall–Kier alpha value is -9.15. The first-order valence-corrected chi connectivity index (χ1v) is 21.8. The number of phenolic OH excluding ortho intramolecular Hbond substituents is 2. The zero-order chi connectivity index (χ0) is 47.5. The lowest BCUT2D eigenvalue weighted by Crippen LogP contribution is -2.33. The smallest absolute Gasteiger partial charge is 0.259 e. The van der Waals surface area contributed by atoms with E-state index in [1.54, 1.807) is 25.2 Å². The number of carbonyl (C=O) groups excluding carboxylic acids is 1. The highest BCUT2D eigenvalue weighted by Crippen LogP contribution is 2.43. The molecule has 1 amide bonds. The van der Waals surface area contributed by atoms with Crippen molar-refractivity contribution >= 4 is 84.3 Å². The van der Waals surface area contributed by atoms with Crippen LogP contribution in [0.2, 0.25) is 0 Å². The van der Waals surface area contributed by atoms with Crippen molar-refractivity contribution < 1.29 is 25.1 Å². The number of nitrogens with zero attached hydrogens (tertiary/aromatic N) is 7. The summed E-state index contributed by atoms with van der Waals surface area (Å²) in [6.07, 6.45) is -0.818. The maximum atomic E-state index is 13.4. The Balaban J connectivity index is 0.984. The van der Waals surface area contributed by atoms with Gasteiger partial charge in [0.15, 0.2) is 12.0 Å². The van der Waals surface area contributed by atoms with Crippen LogP contribution >= 0.6 is 0 Å². The van der Waals surface area contributed by atoms with Crippen LogP contribution in [0, 0.1) is 0 Å². The molecule has 6 N–H and O–H groups in total. The fraction of sp³-hybridized carbons (Fsp3) is 0.0556. The van der Waals surface area contributed by atoms with Crippen LogP contribution in [0.1, 0.15) is 15.9 Å². The van der Waals surface area contributed by atoms with Gasteiger partial charge < -0.3 is 25.6 Å². The summed E-state index contributed by atoms with van der Waals surface area (Å²) in [5.41, 5.74) is 11.4. The second kappa shape index (κ2) is 21.0. The molecule has 0 radical (unpaired) electrons. The lowest BCUT2D eigenvalue weighted by Gasteiger charge is -2.25. The number of para-hydroxylation sites is 2. The Morgan fingerprint density at radius 1 is 0.551 bits per heavy atom. The molecule has 9 aromatic carbocycles. The number of hydrogen-bond acceptors (Lipinski definition) is 14. The van der Waals surface area contributed by atoms with Crippen LogP contribution in [0.25, 0.3) is 21.5 Å².